The largest absolute Gasteiger partial charge is 0.321 e. The van der Waals surface area contributed by atoms with E-state index in [4.69, 9.17) is 23.2 Å². The number of carbonyl (C=O) groups excluding carboxylic acids is 1. The molecule has 0 spiro atoms. The van der Waals surface area contributed by atoms with Crippen molar-refractivity contribution in [2.24, 2.45) is 0 Å². The molecule has 0 bridgehead atoms. The number of sulfonamides is 1. The molecule has 0 aliphatic rings. The maximum Gasteiger partial charge on any atom is 0.261 e. The molecule has 1 amide bonds. The highest BCUT2D eigenvalue weighted by atomic mass is 35.5. The van der Waals surface area contributed by atoms with E-state index >= 15 is 0 Å². The van der Waals surface area contributed by atoms with E-state index < -0.39 is 10.0 Å². The quantitative estimate of drug-likeness (QED) is 0.528. The maximum atomic E-state index is 12.6. The maximum absolute atomic E-state index is 12.6. The Balaban J connectivity index is 1.80. The van der Waals surface area contributed by atoms with Crippen LogP contribution in [-0.2, 0) is 10.0 Å². The van der Waals surface area contributed by atoms with Crippen LogP contribution in [-0.4, -0.2) is 14.3 Å². The first-order chi connectivity index (χ1) is 13.7. The van der Waals surface area contributed by atoms with Gasteiger partial charge >= 0.3 is 0 Å². The number of rotatable bonds is 5. The molecular weight excluding hydrogens is 431 g/mol. The lowest BCUT2D eigenvalue weighted by Crippen LogP contribution is -2.15. The van der Waals surface area contributed by atoms with Crippen LogP contribution in [0, 0.1) is 13.8 Å². The van der Waals surface area contributed by atoms with Gasteiger partial charge in [-0.05, 0) is 61.9 Å². The lowest BCUT2D eigenvalue weighted by molar-refractivity contribution is 0.102. The minimum atomic E-state index is -3.73. The molecule has 0 radical (unpaired) electrons. The molecule has 0 saturated heterocycles. The summed E-state index contributed by atoms with van der Waals surface area (Å²) < 4.78 is 27.7. The smallest absolute Gasteiger partial charge is 0.261 e. The standard InChI is InChI=1S/C21H18Cl2N2O3S/c1-13-6-9-16(10-7-13)29(27,28)25-18-11-8-15(12-14(18)2)21(26)24-19-5-3-4-17(22)20(19)23/h3-12,25H,1-2H3,(H,24,26). The summed E-state index contributed by atoms with van der Waals surface area (Å²) in [6.45, 7) is 3.60. The zero-order chi connectivity index (χ0) is 21.2. The van der Waals surface area contributed by atoms with Crippen molar-refractivity contribution in [2.45, 2.75) is 18.7 Å². The van der Waals surface area contributed by atoms with Crippen LogP contribution in [0.2, 0.25) is 10.0 Å². The highest BCUT2D eigenvalue weighted by Crippen LogP contribution is 2.30. The molecule has 0 aromatic heterocycles. The van der Waals surface area contributed by atoms with E-state index in [9.17, 15) is 13.2 Å². The Hall–Kier alpha value is -2.54. The first-order valence-electron chi connectivity index (χ1n) is 8.63. The molecule has 0 aliphatic heterocycles. The number of hydrogen-bond acceptors (Lipinski definition) is 3. The van der Waals surface area contributed by atoms with Gasteiger partial charge in [0, 0.05) is 5.56 Å². The Morgan fingerprint density at radius 2 is 1.59 bits per heavy atom. The summed E-state index contributed by atoms with van der Waals surface area (Å²) in [4.78, 5) is 12.7. The fraction of sp³-hybridized carbons (Fsp3) is 0.0952. The highest BCUT2D eigenvalue weighted by Gasteiger charge is 2.16. The number of amides is 1. The van der Waals surface area contributed by atoms with Crippen LogP contribution >= 0.6 is 23.2 Å². The number of carbonyl (C=O) groups is 1. The van der Waals surface area contributed by atoms with Crippen LogP contribution in [0.25, 0.3) is 0 Å². The minimum Gasteiger partial charge on any atom is -0.321 e. The van der Waals surface area contributed by atoms with Crippen molar-refractivity contribution >= 4 is 50.5 Å². The fourth-order valence-corrected chi connectivity index (χ4v) is 4.11. The third kappa shape index (κ3) is 4.90. The summed E-state index contributed by atoms with van der Waals surface area (Å²) in [6.07, 6.45) is 0. The van der Waals surface area contributed by atoms with Crippen molar-refractivity contribution < 1.29 is 13.2 Å². The topological polar surface area (TPSA) is 75.3 Å². The van der Waals surface area contributed by atoms with Gasteiger partial charge in [0.2, 0.25) is 0 Å². The molecule has 0 atom stereocenters. The highest BCUT2D eigenvalue weighted by molar-refractivity contribution is 7.92. The van der Waals surface area contributed by atoms with Crippen LogP contribution in [0.5, 0.6) is 0 Å². The SMILES string of the molecule is Cc1ccc(S(=O)(=O)Nc2ccc(C(=O)Nc3cccc(Cl)c3Cl)cc2C)cc1. The van der Waals surface area contributed by atoms with Gasteiger partial charge in [0.15, 0.2) is 0 Å². The number of hydrogen-bond donors (Lipinski definition) is 2. The average molecular weight is 449 g/mol. The van der Waals surface area contributed by atoms with Gasteiger partial charge in [0.1, 0.15) is 0 Å². The zero-order valence-corrected chi connectivity index (χ0v) is 18.0. The van der Waals surface area contributed by atoms with E-state index in [1.165, 1.54) is 6.07 Å². The van der Waals surface area contributed by atoms with Gasteiger partial charge in [-0.15, -0.1) is 0 Å². The Bertz CT molecular complexity index is 1180. The van der Waals surface area contributed by atoms with Crippen LogP contribution in [0.1, 0.15) is 21.5 Å². The van der Waals surface area contributed by atoms with Crippen molar-refractivity contribution in [2.75, 3.05) is 10.0 Å². The molecule has 0 fully saturated rings. The molecule has 2 N–H and O–H groups in total. The van der Waals surface area contributed by atoms with Crippen molar-refractivity contribution in [3.8, 4) is 0 Å². The van der Waals surface area contributed by atoms with E-state index in [-0.39, 0.29) is 15.8 Å². The monoisotopic (exact) mass is 448 g/mol. The lowest BCUT2D eigenvalue weighted by Gasteiger charge is -2.13. The van der Waals surface area contributed by atoms with E-state index in [0.717, 1.165) is 5.56 Å². The van der Waals surface area contributed by atoms with E-state index in [0.29, 0.717) is 27.5 Å². The molecule has 0 heterocycles. The Morgan fingerprint density at radius 1 is 0.897 bits per heavy atom. The summed E-state index contributed by atoms with van der Waals surface area (Å²) in [5, 5.41) is 3.29. The Labute approximate surface area is 179 Å². The predicted molar refractivity (Wildman–Crippen MR) is 118 cm³/mol. The summed E-state index contributed by atoms with van der Waals surface area (Å²) in [6, 6.07) is 16.2. The molecule has 0 aliphatic carbocycles. The number of aryl methyl sites for hydroxylation is 2. The first kappa shape index (κ1) is 21.2. The number of benzene rings is 3. The molecular formula is C21H18Cl2N2O3S. The lowest BCUT2D eigenvalue weighted by atomic mass is 10.1. The van der Waals surface area contributed by atoms with Crippen LogP contribution < -0.4 is 10.0 Å². The third-order valence-electron chi connectivity index (χ3n) is 4.26. The summed E-state index contributed by atoms with van der Waals surface area (Å²) >= 11 is 12.1. The average Bonchev–Trinajstić information content (AvgIpc) is 2.67. The Morgan fingerprint density at radius 3 is 2.24 bits per heavy atom. The van der Waals surface area contributed by atoms with Crippen molar-refractivity contribution in [1.82, 2.24) is 0 Å². The second kappa shape index (κ2) is 8.45. The molecule has 5 nitrogen and oxygen atoms in total. The van der Waals surface area contributed by atoms with Gasteiger partial charge in [-0.3, -0.25) is 9.52 Å². The van der Waals surface area contributed by atoms with Crippen molar-refractivity contribution in [3.05, 3.63) is 87.4 Å². The summed E-state index contributed by atoms with van der Waals surface area (Å²) in [7, 11) is -3.73. The van der Waals surface area contributed by atoms with Gasteiger partial charge in [0.25, 0.3) is 15.9 Å². The predicted octanol–water partition coefficient (Wildman–Crippen LogP) is 5.66. The summed E-state index contributed by atoms with van der Waals surface area (Å²) in [5.74, 6) is -0.384. The number of anilines is 2. The molecule has 29 heavy (non-hydrogen) atoms. The van der Waals surface area contributed by atoms with E-state index in [1.54, 1.807) is 61.5 Å². The number of halogens is 2. The van der Waals surface area contributed by atoms with Gasteiger partial charge in [-0.25, -0.2) is 8.42 Å². The normalized spacial score (nSPS) is 11.2. The van der Waals surface area contributed by atoms with E-state index in [2.05, 4.69) is 10.0 Å². The van der Waals surface area contributed by atoms with E-state index in [1.807, 2.05) is 6.92 Å². The third-order valence-corrected chi connectivity index (χ3v) is 6.46. The molecule has 8 heteroatoms. The fourth-order valence-electron chi connectivity index (χ4n) is 2.64. The molecule has 0 unspecified atom stereocenters. The van der Waals surface area contributed by atoms with Crippen LogP contribution in [0.15, 0.2) is 65.6 Å². The summed E-state index contributed by atoms with van der Waals surface area (Å²) in [5.41, 5.74) is 2.71. The first-order valence-corrected chi connectivity index (χ1v) is 10.9. The Kier molecular flexibility index (Phi) is 6.17. The van der Waals surface area contributed by atoms with Crippen LogP contribution in [0.4, 0.5) is 11.4 Å². The molecule has 3 aromatic carbocycles. The van der Waals surface area contributed by atoms with Crippen LogP contribution in [0.3, 0.4) is 0 Å². The van der Waals surface area contributed by atoms with Gasteiger partial charge in [-0.1, -0.05) is 47.0 Å². The molecule has 0 saturated carbocycles. The molecule has 150 valence electrons. The van der Waals surface area contributed by atoms with Crippen molar-refractivity contribution in [3.63, 3.8) is 0 Å². The van der Waals surface area contributed by atoms with Gasteiger partial charge in [0.05, 0.1) is 26.3 Å². The zero-order valence-electron chi connectivity index (χ0n) is 15.7. The second-order valence-corrected chi connectivity index (χ2v) is 8.97. The van der Waals surface area contributed by atoms with Crippen molar-refractivity contribution in [1.29, 1.82) is 0 Å². The van der Waals surface area contributed by atoms with Gasteiger partial charge in [-0.2, -0.15) is 0 Å². The second-order valence-electron chi connectivity index (χ2n) is 6.50. The van der Waals surface area contributed by atoms with Gasteiger partial charge < -0.3 is 5.32 Å². The number of nitrogens with one attached hydrogen (secondary N) is 2. The molecule has 3 aromatic rings. The minimum absolute atomic E-state index is 0.167. The molecule has 3 rings (SSSR count).